The molecule has 0 radical (unpaired) electrons. The summed E-state index contributed by atoms with van der Waals surface area (Å²) in [6.07, 6.45) is 3.35. The second-order valence-electron chi connectivity index (χ2n) is 8.68. The van der Waals surface area contributed by atoms with Crippen LogP contribution in [0.15, 0.2) is 77.8 Å². The monoisotopic (exact) mass is 525 g/mol. The first-order valence-corrected chi connectivity index (χ1v) is 13.8. The molecule has 0 spiro atoms. The minimum absolute atomic E-state index is 0.204. The molecule has 5 rings (SSSR count). The van der Waals surface area contributed by atoms with Gasteiger partial charge in [0.15, 0.2) is 0 Å². The third-order valence-corrected chi connectivity index (χ3v) is 7.92. The molecule has 188 valence electrons. The van der Waals surface area contributed by atoms with Gasteiger partial charge in [-0.15, -0.1) is 0 Å². The number of nitrogens with zero attached hydrogens (tertiary/aromatic N) is 1. The van der Waals surface area contributed by atoms with E-state index in [4.69, 9.17) is 21.1 Å². The molecular weight excluding hydrogens is 498 g/mol. The summed E-state index contributed by atoms with van der Waals surface area (Å²) < 4.78 is 39.6. The fourth-order valence-corrected chi connectivity index (χ4v) is 5.56. The van der Waals surface area contributed by atoms with Crippen molar-refractivity contribution in [1.82, 2.24) is 9.71 Å². The Morgan fingerprint density at radius 1 is 1.00 bits per heavy atom. The smallest absolute Gasteiger partial charge is 0.240 e. The topological polar surface area (TPSA) is 83.7 Å². The van der Waals surface area contributed by atoms with E-state index in [1.807, 2.05) is 48.7 Å². The summed E-state index contributed by atoms with van der Waals surface area (Å²) in [6, 6.07) is 20.1. The number of aromatic nitrogens is 1. The minimum Gasteiger partial charge on any atom is -0.457 e. The summed E-state index contributed by atoms with van der Waals surface area (Å²) in [4.78, 5) is 5.68. The highest BCUT2D eigenvalue weighted by Gasteiger charge is 2.15. The zero-order chi connectivity index (χ0) is 25.0. The Morgan fingerprint density at radius 2 is 1.81 bits per heavy atom. The number of hydrogen-bond acceptors (Lipinski definition) is 5. The van der Waals surface area contributed by atoms with Crippen molar-refractivity contribution in [3.63, 3.8) is 0 Å². The van der Waals surface area contributed by atoms with Crippen LogP contribution in [0, 0.1) is 0 Å². The zero-order valence-corrected chi connectivity index (χ0v) is 21.3. The number of ether oxygens (including phenoxy) is 2. The highest BCUT2D eigenvalue weighted by molar-refractivity contribution is 7.89. The number of aromatic amines is 1. The summed E-state index contributed by atoms with van der Waals surface area (Å²) in [5.74, 6) is 1.28. The fourth-order valence-electron chi connectivity index (χ4n) is 4.31. The second-order valence-corrected chi connectivity index (χ2v) is 10.9. The molecule has 1 saturated heterocycles. The molecule has 0 bridgehead atoms. The van der Waals surface area contributed by atoms with Gasteiger partial charge in [0, 0.05) is 53.5 Å². The standard InChI is InChI=1S/C27H28ClN3O4S/c28-21-6-11-27-26(17-21)20(19-29-27)3-2-12-30-36(32,33)25-9-7-23(8-10-25)35-24-5-1-4-22(18-24)31-13-15-34-16-14-31/h1,4-11,17-19,29-30H,2-3,12-16H2. The number of anilines is 1. The number of halogens is 1. The number of sulfonamides is 1. The normalized spacial score (nSPS) is 14.3. The van der Waals surface area contributed by atoms with Crippen molar-refractivity contribution >= 4 is 38.2 Å². The van der Waals surface area contributed by atoms with Crippen LogP contribution in [0.5, 0.6) is 11.5 Å². The number of fused-ring (bicyclic) bond motifs is 1. The van der Waals surface area contributed by atoms with Crippen LogP contribution in [-0.4, -0.2) is 46.2 Å². The Bertz CT molecular complexity index is 1430. The van der Waals surface area contributed by atoms with Crippen molar-refractivity contribution < 1.29 is 17.9 Å². The van der Waals surface area contributed by atoms with Crippen LogP contribution >= 0.6 is 11.6 Å². The van der Waals surface area contributed by atoms with Gasteiger partial charge in [-0.3, -0.25) is 0 Å². The summed E-state index contributed by atoms with van der Waals surface area (Å²) in [5.41, 5.74) is 3.21. The molecule has 0 atom stereocenters. The SMILES string of the molecule is O=S(=O)(NCCCc1c[nH]c2ccc(Cl)cc12)c1ccc(Oc2cccc(N3CCOCC3)c2)cc1. The van der Waals surface area contributed by atoms with Crippen molar-refractivity contribution in [3.05, 3.63) is 83.5 Å². The van der Waals surface area contributed by atoms with Gasteiger partial charge in [0.25, 0.3) is 0 Å². The maximum atomic E-state index is 12.7. The van der Waals surface area contributed by atoms with E-state index in [-0.39, 0.29) is 4.90 Å². The summed E-state index contributed by atoms with van der Waals surface area (Å²) in [5, 5.41) is 1.75. The predicted molar refractivity (Wildman–Crippen MR) is 143 cm³/mol. The highest BCUT2D eigenvalue weighted by Crippen LogP contribution is 2.27. The predicted octanol–water partition coefficient (Wildman–Crippen LogP) is 5.36. The average molecular weight is 526 g/mol. The fraction of sp³-hybridized carbons (Fsp3) is 0.259. The van der Waals surface area contributed by atoms with Crippen LogP contribution in [0.1, 0.15) is 12.0 Å². The van der Waals surface area contributed by atoms with Gasteiger partial charge in [0.1, 0.15) is 11.5 Å². The third kappa shape index (κ3) is 5.84. The summed E-state index contributed by atoms with van der Waals surface area (Å²) >= 11 is 6.11. The second kappa shape index (κ2) is 10.9. The van der Waals surface area contributed by atoms with Gasteiger partial charge in [-0.05, 0) is 73.0 Å². The molecule has 1 aromatic heterocycles. The molecule has 36 heavy (non-hydrogen) atoms. The molecule has 0 aliphatic carbocycles. The lowest BCUT2D eigenvalue weighted by Gasteiger charge is -2.29. The summed E-state index contributed by atoms with van der Waals surface area (Å²) in [7, 11) is -3.61. The molecule has 1 aliphatic rings. The van der Waals surface area contributed by atoms with E-state index >= 15 is 0 Å². The van der Waals surface area contributed by atoms with Gasteiger partial charge in [-0.2, -0.15) is 0 Å². The van der Waals surface area contributed by atoms with E-state index in [0.29, 0.717) is 42.7 Å². The number of benzene rings is 3. The lowest BCUT2D eigenvalue weighted by atomic mass is 10.1. The highest BCUT2D eigenvalue weighted by atomic mass is 35.5. The largest absolute Gasteiger partial charge is 0.457 e. The Balaban J connectivity index is 1.16. The molecule has 7 nitrogen and oxygen atoms in total. The maximum Gasteiger partial charge on any atom is 0.240 e. The number of hydrogen-bond donors (Lipinski definition) is 2. The van der Waals surface area contributed by atoms with Crippen molar-refractivity contribution in [1.29, 1.82) is 0 Å². The van der Waals surface area contributed by atoms with Gasteiger partial charge >= 0.3 is 0 Å². The molecule has 2 N–H and O–H groups in total. The van der Waals surface area contributed by atoms with Crippen molar-refractivity contribution in [2.24, 2.45) is 0 Å². The van der Waals surface area contributed by atoms with Crippen LogP contribution < -0.4 is 14.4 Å². The van der Waals surface area contributed by atoms with Crippen molar-refractivity contribution in [2.45, 2.75) is 17.7 Å². The zero-order valence-electron chi connectivity index (χ0n) is 19.7. The maximum absolute atomic E-state index is 12.7. The molecule has 3 aromatic carbocycles. The molecule has 4 aromatic rings. The Hall–Kier alpha value is -3.04. The van der Waals surface area contributed by atoms with E-state index in [1.165, 1.54) is 0 Å². The lowest BCUT2D eigenvalue weighted by Crippen LogP contribution is -2.36. The molecule has 1 fully saturated rings. The van der Waals surface area contributed by atoms with Crippen LogP contribution in [-0.2, 0) is 21.2 Å². The lowest BCUT2D eigenvalue weighted by molar-refractivity contribution is 0.122. The number of H-pyrrole nitrogens is 1. The Kier molecular flexibility index (Phi) is 7.48. The third-order valence-electron chi connectivity index (χ3n) is 6.21. The van der Waals surface area contributed by atoms with Crippen molar-refractivity contribution in [3.8, 4) is 11.5 Å². The van der Waals surface area contributed by atoms with Crippen molar-refractivity contribution in [2.75, 3.05) is 37.7 Å². The quantitative estimate of drug-likeness (QED) is 0.287. The molecular formula is C27H28ClN3O4S. The number of aryl methyl sites for hydroxylation is 1. The first-order chi connectivity index (χ1) is 17.5. The van der Waals surface area contributed by atoms with E-state index in [9.17, 15) is 8.42 Å². The van der Waals surface area contributed by atoms with Crippen LogP contribution in [0.25, 0.3) is 10.9 Å². The van der Waals surface area contributed by atoms with Gasteiger partial charge in [-0.25, -0.2) is 13.1 Å². The number of nitrogens with one attached hydrogen (secondary N) is 2. The molecule has 9 heteroatoms. The van der Waals surface area contributed by atoms with Gasteiger partial charge < -0.3 is 19.4 Å². The molecule has 0 amide bonds. The van der Waals surface area contributed by atoms with E-state index in [1.54, 1.807) is 24.3 Å². The first kappa shape index (κ1) is 24.6. The first-order valence-electron chi connectivity index (χ1n) is 11.9. The van der Waals surface area contributed by atoms with E-state index < -0.39 is 10.0 Å². The number of morpholine rings is 1. The van der Waals surface area contributed by atoms with Crippen LogP contribution in [0.4, 0.5) is 5.69 Å². The number of rotatable bonds is 9. The van der Waals surface area contributed by atoms with Crippen LogP contribution in [0.3, 0.4) is 0 Å². The summed E-state index contributed by atoms with van der Waals surface area (Å²) in [6.45, 7) is 3.46. The average Bonchev–Trinajstić information content (AvgIpc) is 3.29. The van der Waals surface area contributed by atoms with E-state index in [0.717, 1.165) is 41.7 Å². The van der Waals surface area contributed by atoms with E-state index in [2.05, 4.69) is 14.6 Å². The van der Waals surface area contributed by atoms with Gasteiger partial charge in [0.05, 0.1) is 18.1 Å². The Morgan fingerprint density at radius 3 is 2.61 bits per heavy atom. The minimum atomic E-state index is -3.61. The Labute approximate surface area is 216 Å². The van der Waals surface area contributed by atoms with Gasteiger partial charge in [0.2, 0.25) is 10.0 Å². The van der Waals surface area contributed by atoms with Crippen LogP contribution in [0.2, 0.25) is 5.02 Å². The molecule has 0 saturated carbocycles. The molecule has 1 aliphatic heterocycles. The molecule has 0 unspecified atom stereocenters. The van der Waals surface area contributed by atoms with Gasteiger partial charge in [-0.1, -0.05) is 17.7 Å². The molecule has 2 heterocycles.